The normalized spacial score (nSPS) is 12.6. The molecule has 0 aliphatic heterocycles. The second-order valence-electron chi connectivity index (χ2n) is 15.9. The maximum absolute atomic E-state index is 12.6. The molecule has 0 saturated heterocycles. The predicted octanol–water partition coefficient (Wildman–Crippen LogP) is 15.4. The molecule has 0 aromatic rings. The first kappa shape index (κ1) is 48.9. The summed E-state index contributed by atoms with van der Waals surface area (Å²) in [5, 5.41) is 0. The first-order valence-electron chi connectivity index (χ1n) is 22.9. The monoisotopic (exact) mass is 707 g/mol. The molecule has 298 valence electrons. The molecule has 0 aliphatic carbocycles. The van der Waals surface area contributed by atoms with Gasteiger partial charge in [-0.2, -0.15) is 0 Å². The van der Waals surface area contributed by atoms with Crippen LogP contribution in [0.25, 0.3) is 0 Å². The van der Waals surface area contributed by atoms with Crippen molar-refractivity contribution in [2.45, 2.75) is 259 Å². The number of esters is 2. The topological polar surface area (TPSA) is 52.6 Å². The van der Waals surface area contributed by atoms with Gasteiger partial charge < -0.3 is 9.47 Å². The Morgan fingerprint density at radius 2 is 0.540 bits per heavy atom. The second-order valence-corrected chi connectivity index (χ2v) is 15.9. The van der Waals surface area contributed by atoms with Gasteiger partial charge in [0.15, 0.2) is 0 Å². The van der Waals surface area contributed by atoms with Gasteiger partial charge in [0.05, 0.1) is 13.2 Å². The summed E-state index contributed by atoms with van der Waals surface area (Å²) in [6.07, 6.45) is 44.1. The lowest BCUT2D eigenvalue weighted by Gasteiger charge is -2.18. The molecule has 0 amide bonds. The minimum absolute atomic E-state index is 0.0911. The third-order valence-electron chi connectivity index (χ3n) is 10.8. The standard InChI is InChI=1S/C46H90O4/c1-5-9-13-17-21-23-27-31-37-43(35-29-25-19-15-11-7-3)41-49-45(47)39-33-34-40-46(48)50-42-44(36-30-26-20-16-12-8-4)38-32-28-24-22-18-14-10-6-2/h43-44H,5-42H2,1-4H3. The van der Waals surface area contributed by atoms with Gasteiger partial charge in [0, 0.05) is 12.8 Å². The van der Waals surface area contributed by atoms with E-state index in [-0.39, 0.29) is 11.9 Å². The summed E-state index contributed by atoms with van der Waals surface area (Å²) in [5.74, 6) is 0.809. The van der Waals surface area contributed by atoms with Gasteiger partial charge in [-0.1, -0.05) is 207 Å². The molecule has 0 aromatic heterocycles. The van der Waals surface area contributed by atoms with Crippen molar-refractivity contribution in [2.24, 2.45) is 11.8 Å². The molecule has 0 spiro atoms. The van der Waals surface area contributed by atoms with E-state index in [1.807, 2.05) is 0 Å². The van der Waals surface area contributed by atoms with E-state index < -0.39 is 0 Å². The summed E-state index contributed by atoms with van der Waals surface area (Å²) >= 11 is 0. The maximum Gasteiger partial charge on any atom is 0.305 e. The van der Waals surface area contributed by atoms with Crippen LogP contribution in [0.5, 0.6) is 0 Å². The van der Waals surface area contributed by atoms with Gasteiger partial charge in [-0.05, 0) is 50.4 Å². The average Bonchev–Trinajstić information content (AvgIpc) is 3.12. The zero-order valence-corrected chi connectivity index (χ0v) is 34.7. The van der Waals surface area contributed by atoms with Gasteiger partial charge in [-0.15, -0.1) is 0 Å². The lowest BCUT2D eigenvalue weighted by Crippen LogP contribution is -2.15. The van der Waals surface area contributed by atoms with Gasteiger partial charge in [-0.3, -0.25) is 9.59 Å². The van der Waals surface area contributed by atoms with Crippen LogP contribution < -0.4 is 0 Å². The van der Waals surface area contributed by atoms with Gasteiger partial charge >= 0.3 is 11.9 Å². The second kappa shape index (κ2) is 40.7. The number of ether oxygens (including phenoxy) is 2. The molecule has 0 fully saturated rings. The largest absolute Gasteiger partial charge is 0.465 e. The summed E-state index contributed by atoms with van der Waals surface area (Å²) in [6, 6.07) is 0. The number of hydrogen-bond acceptors (Lipinski definition) is 4. The van der Waals surface area contributed by atoms with Crippen LogP contribution in [-0.2, 0) is 19.1 Å². The molecule has 0 bridgehead atoms. The SMILES string of the molecule is CCCCCCCCCCC(CCCCCCCC)COC(=O)CCCCC(=O)OCC(CCCCCCCC)CCCCCCCCCC. The first-order chi connectivity index (χ1) is 24.6. The molecule has 0 radical (unpaired) electrons. The summed E-state index contributed by atoms with van der Waals surface area (Å²) < 4.78 is 11.6. The zero-order valence-electron chi connectivity index (χ0n) is 34.7. The molecule has 0 aliphatic rings. The molecule has 4 heteroatoms. The van der Waals surface area contributed by atoms with Gasteiger partial charge in [0.25, 0.3) is 0 Å². The van der Waals surface area contributed by atoms with Crippen molar-refractivity contribution in [3.05, 3.63) is 0 Å². The Labute approximate surface area is 314 Å². The van der Waals surface area contributed by atoms with Crippen molar-refractivity contribution in [2.75, 3.05) is 13.2 Å². The number of rotatable bonds is 41. The van der Waals surface area contributed by atoms with Gasteiger partial charge in [0.2, 0.25) is 0 Å². The molecule has 2 atom stereocenters. The zero-order chi connectivity index (χ0) is 36.6. The summed E-state index contributed by atoms with van der Waals surface area (Å²) in [7, 11) is 0. The van der Waals surface area contributed by atoms with E-state index in [9.17, 15) is 9.59 Å². The van der Waals surface area contributed by atoms with Crippen LogP contribution in [0.3, 0.4) is 0 Å². The minimum Gasteiger partial charge on any atom is -0.465 e. The maximum atomic E-state index is 12.6. The number of hydrogen-bond donors (Lipinski definition) is 0. The van der Waals surface area contributed by atoms with Crippen molar-refractivity contribution in [3.63, 3.8) is 0 Å². The van der Waals surface area contributed by atoms with Crippen LogP contribution in [-0.4, -0.2) is 25.2 Å². The van der Waals surface area contributed by atoms with E-state index in [1.54, 1.807) is 0 Å². The molecule has 4 nitrogen and oxygen atoms in total. The van der Waals surface area contributed by atoms with Crippen molar-refractivity contribution in [1.82, 2.24) is 0 Å². The summed E-state index contributed by atoms with van der Waals surface area (Å²) in [6.45, 7) is 10.2. The molecule has 0 rings (SSSR count). The predicted molar refractivity (Wildman–Crippen MR) is 218 cm³/mol. The molecule has 0 N–H and O–H groups in total. The summed E-state index contributed by atoms with van der Waals surface area (Å²) in [5.41, 5.74) is 0. The highest BCUT2D eigenvalue weighted by molar-refractivity contribution is 5.70. The number of carbonyl (C=O) groups excluding carboxylic acids is 2. The quantitative estimate of drug-likeness (QED) is 0.0469. The molecule has 0 aromatic carbocycles. The average molecular weight is 707 g/mol. The minimum atomic E-state index is -0.0911. The third-order valence-corrected chi connectivity index (χ3v) is 10.8. The van der Waals surface area contributed by atoms with E-state index in [4.69, 9.17) is 9.47 Å². The summed E-state index contributed by atoms with van der Waals surface area (Å²) in [4.78, 5) is 25.2. The van der Waals surface area contributed by atoms with E-state index in [1.165, 1.54) is 205 Å². The smallest absolute Gasteiger partial charge is 0.305 e. The van der Waals surface area contributed by atoms with Crippen molar-refractivity contribution in [1.29, 1.82) is 0 Å². The molecule has 50 heavy (non-hydrogen) atoms. The van der Waals surface area contributed by atoms with Crippen LogP contribution in [0.4, 0.5) is 0 Å². The Kier molecular flexibility index (Phi) is 39.8. The van der Waals surface area contributed by atoms with Crippen molar-refractivity contribution in [3.8, 4) is 0 Å². The van der Waals surface area contributed by atoms with E-state index in [0.717, 1.165) is 0 Å². The van der Waals surface area contributed by atoms with E-state index >= 15 is 0 Å². The van der Waals surface area contributed by atoms with E-state index in [0.29, 0.717) is 50.7 Å². The van der Waals surface area contributed by atoms with Crippen LogP contribution in [0, 0.1) is 11.8 Å². The Morgan fingerprint density at radius 1 is 0.320 bits per heavy atom. The van der Waals surface area contributed by atoms with Crippen LogP contribution >= 0.6 is 0 Å². The Bertz CT molecular complexity index is 634. The van der Waals surface area contributed by atoms with Crippen LogP contribution in [0.15, 0.2) is 0 Å². The lowest BCUT2D eigenvalue weighted by molar-refractivity contribution is -0.147. The van der Waals surface area contributed by atoms with Crippen LogP contribution in [0.1, 0.15) is 259 Å². The highest BCUT2D eigenvalue weighted by Gasteiger charge is 2.15. The highest BCUT2D eigenvalue weighted by Crippen LogP contribution is 2.22. The Balaban J connectivity index is 4.37. The lowest BCUT2D eigenvalue weighted by atomic mass is 9.94. The molecule has 0 heterocycles. The molecule has 0 saturated carbocycles. The molecular weight excluding hydrogens is 617 g/mol. The fourth-order valence-corrected chi connectivity index (χ4v) is 7.29. The van der Waals surface area contributed by atoms with Gasteiger partial charge in [0.1, 0.15) is 0 Å². The van der Waals surface area contributed by atoms with Crippen LogP contribution in [0.2, 0.25) is 0 Å². The Morgan fingerprint density at radius 3 is 0.780 bits per heavy atom. The fraction of sp³-hybridized carbons (Fsp3) is 0.957. The fourth-order valence-electron chi connectivity index (χ4n) is 7.29. The number of unbranched alkanes of at least 4 members (excludes halogenated alkanes) is 25. The van der Waals surface area contributed by atoms with Gasteiger partial charge in [-0.25, -0.2) is 0 Å². The first-order valence-corrected chi connectivity index (χ1v) is 22.9. The molecular formula is C46H90O4. The van der Waals surface area contributed by atoms with Crippen molar-refractivity contribution >= 4 is 11.9 Å². The highest BCUT2D eigenvalue weighted by atomic mass is 16.5. The Hall–Kier alpha value is -1.06. The number of carbonyl (C=O) groups is 2. The van der Waals surface area contributed by atoms with Crippen molar-refractivity contribution < 1.29 is 19.1 Å². The third kappa shape index (κ3) is 36.7. The van der Waals surface area contributed by atoms with E-state index in [2.05, 4.69) is 27.7 Å². The molecule has 2 unspecified atom stereocenters.